The molecule has 3 N–H and O–H groups in total. The number of rotatable bonds is 6. The number of hydrogen-bond acceptors (Lipinski definition) is 5. The van der Waals surface area contributed by atoms with Gasteiger partial charge in [-0.05, 0) is 62.5 Å². The Balaban J connectivity index is 1.66. The van der Waals surface area contributed by atoms with E-state index in [1.54, 1.807) is 13.2 Å². The molecule has 170 valence electrons. The van der Waals surface area contributed by atoms with Crippen LogP contribution in [-0.4, -0.2) is 39.6 Å². The van der Waals surface area contributed by atoms with E-state index in [2.05, 4.69) is 43.6 Å². The lowest BCUT2D eigenvalue weighted by atomic mass is 10.00. The zero-order valence-corrected chi connectivity index (χ0v) is 19.3. The lowest BCUT2D eigenvalue weighted by molar-refractivity contribution is -0.120. The molecular weight excluding hydrogens is 416 g/mol. The first-order chi connectivity index (χ1) is 15.9. The Hall–Kier alpha value is -3.81. The quantitative estimate of drug-likeness (QED) is 0.391. The Morgan fingerprint density at radius 3 is 2.64 bits per heavy atom. The normalized spacial score (nSPS) is 14.4. The lowest BCUT2D eigenvalue weighted by Gasteiger charge is -2.10. The van der Waals surface area contributed by atoms with Crippen LogP contribution < -0.4 is 10.6 Å². The van der Waals surface area contributed by atoms with Crippen LogP contribution >= 0.6 is 0 Å². The summed E-state index contributed by atoms with van der Waals surface area (Å²) in [5.41, 5.74) is 5.54. The second kappa shape index (κ2) is 9.36. The topological polar surface area (TPSA) is 112 Å². The van der Waals surface area contributed by atoms with E-state index >= 15 is 0 Å². The van der Waals surface area contributed by atoms with Crippen LogP contribution in [0.3, 0.4) is 0 Å². The first-order valence-electron chi connectivity index (χ1n) is 11.1. The van der Waals surface area contributed by atoms with Crippen LogP contribution in [0.15, 0.2) is 41.8 Å². The predicted octanol–water partition coefficient (Wildman–Crippen LogP) is 4.17. The Morgan fingerprint density at radius 1 is 1.21 bits per heavy atom. The maximum Gasteiger partial charge on any atom is 0.275 e. The van der Waals surface area contributed by atoms with E-state index in [4.69, 9.17) is 0 Å². The van der Waals surface area contributed by atoms with Crippen molar-refractivity contribution in [1.29, 1.82) is 0 Å². The fourth-order valence-electron chi connectivity index (χ4n) is 3.70. The van der Waals surface area contributed by atoms with Crippen LogP contribution in [0.1, 0.15) is 53.5 Å². The number of aromatic amines is 1. The first-order valence-corrected chi connectivity index (χ1v) is 11.1. The molecule has 2 heterocycles. The highest BCUT2D eigenvalue weighted by molar-refractivity contribution is 6.12. The summed E-state index contributed by atoms with van der Waals surface area (Å²) in [7, 11) is 1.67. The van der Waals surface area contributed by atoms with Gasteiger partial charge in [0, 0.05) is 36.3 Å². The highest BCUT2D eigenvalue weighted by Crippen LogP contribution is 2.33. The first kappa shape index (κ1) is 22.4. The van der Waals surface area contributed by atoms with E-state index in [1.165, 1.54) is 6.20 Å². The van der Waals surface area contributed by atoms with Gasteiger partial charge < -0.3 is 15.6 Å². The summed E-state index contributed by atoms with van der Waals surface area (Å²) in [5.74, 6) is 0.374. The lowest BCUT2D eigenvalue weighted by Crippen LogP contribution is -2.30. The Labute approximate surface area is 192 Å². The Kier molecular flexibility index (Phi) is 6.35. The van der Waals surface area contributed by atoms with E-state index in [1.807, 2.05) is 32.2 Å². The highest BCUT2D eigenvalue weighted by atomic mass is 16.2. The molecule has 3 aromatic rings. The summed E-state index contributed by atoms with van der Waals surface area (Å²) >= 11 is 0. The van der Waals surface area contributed by atoms with E-state index in [9.17, 15) is 9.59 Å². The number of carbonyl (C=O) groups excluding carboxylic acids is 2. The number of carbonyl (C=O) groups is 2. The minimum absolute atomic E-state index is 0.0290. The highest BCUT2D eigenvalue weighted by Gasteiger charge is 2.30. The van der Waals surface area contributed by atoms with Gasteiger partial charge >= 0.3 is 0 Å². The number of aliphatic imine (C=N–C) groups is 1. The Bertz CT molecular complexity index is 1270. The van der Waals surface area contributed by atoms with Crippen molar-refractivity contribution < 1.29 is 9.59 Å². The summed E-state index contributed by atoms with van der Waals surface area (Å²) in [6.45, 7) is 5.88. The third-order valence-electron chi connectivity index (χ3n) is 5.67. The molecule has 0 spiro atoms. The number of nitrogens with one attached hydrogen (secondary N) is 3. The van der Waals surface area contributed by atoms with Crippen molar-refractivity contribution in [2.24, 2.45) is 10.9 Å². The van der Waals surface area contributed by atoms with Gasteiger partial charge in [-0.1, -0.05) is 6.92 Å². The number of allylic oxidation sites excluding steroid dienone is 1. The van der Waals surface area contributed by atoms with Crippen LogP contribution in [0, 0.1) is 19.8 Å². The van der Waals surface area contributed by atoms with Gasteiger partial charge in [0.15, 0.2) is 0 Å². The van der Waals surface area contributed by atoms with Gasteiger partial charge in [0.1, 0.15) is 11.5 Å². The monoisotopic (exact) mass is 444 g/mol. The van der Waals surface area contributed by atoms with Crippen LogP contribution in [0.4, 0.5) is 5.69 Å². The van der Waals surface area contributed by atoms with Crippen LogP contribution in [0.2, 0.25) is 0 Å². The number of anilines is 1. The molecule has 8 nitrogen and oxygen atoms in total. The number of aryl methyl sites for hydroxylation is 2. The molecule has 1 aromatic carbocycles. The van der Waals surface area contributed by atoms with Crippen molar-refractivity contribution in [1.82, 2.24) is 20.3 Å². The van der Waals surface area contributed by atoms with Crippen LogP contribution in [-0.2, 0) is 4.79 Å². The molecule has 2 aromatic heterocycles. The fourth-order valence-corrected chi connectivity index (χ4v) is 3.70. The van der Waals surface area contributed by atoms with Gasteiger partial charge in [-0.3, -0.25) is 19.6 Å². The van der Waals surface area contributed by atoms with E-state index < -0.39 is 0 Å². The fraction of sp³-hybridized carbons (Fsp3) is 0.320. The van der Waals surface area contributed by atoms with Gasteiger partial charge in [0.25, 0.3) is 5.91 Å². The van der Waals surface area contributed by atoms with Gasteiger partial charge in [-0.15, -0.1) is 0 Å². The molecule has 0 unspecified atom stereocenters. The molecule has 1 saturated carbocycles. The summed E-state index contributed by atoms with van der Waals surface area (Å²) < 4.78 is 0. The molecule has 33 heavy (non-hydrogen) atoms. The number of fused-ring (bicyclic) bond motifs is 1. The molecule has 1 aliphatic carbocycles. The molecule has 0 saturated heterocycles. The SMILES string of the molecule is CC/C(=C\C(=N/C)NC(=O)C1CC1)c1c[nH]c2c(NC(=O)c3cnc(C)cn3)cc(C)cc12. The summed E-state index contributed by atoms with van der Waals surface area (Å²) in [4.78, 5) is 40.8. The van der Waals surface area contributed by atoms with Gasteiger partial charge in [0.05, 0.1) is 23.1 Å². The molecule has 0 aliphatic heterocycles. The molecule has 1 aliphatic rings. The average molecular weight is 445 g/mol. The summed E-state index contributed by atoms with van der Waals surface area (Å²) in [5, 5.41) is 6.87. The summed E-state index contributed by atoms with van der Waals surface area (Å²) in [6.07, 6.45) is 9.52. The minimum atomic E-state index is -0.319. The number of benzene rings is 1. The molecule has 8 heteroatoms. The maximum absolute atomic E-state index is 12.7. The van der Waals surface area contributed by atoms with E-state index in [0.717, 1.165) is 52.6 Å². The maximum atomic E-state index is 12.7. The van der Waals surface area contributed by atoms with Crippen LogP contribution in [0.5, 0.6) is 0 Å². The predicted molar refractivity (Wildman–Crippen MR) is 130 cm³/mol. The van der Waals surface area contributed by atoms with Crippen molar-refractivity contribution in [2.45, 2.75) is 40.0 Å². The van der Waals surface area contributed by atoms with Gasteiger partial charge in [-0.25, -0.2) is 4.98 Å². The number of amidine groups is 1. The third kappa shape index (κ3) is 5.00. The molecule has 0 bridgehead atoms. The van der Waals surface area contributed by atoms with Crippen molar-refractivity contribution in [3.63, 3.8) is 0 Å². The van der Waals surface area contributed by atoms with Crippen molar-refractivity contribution >= 4 is 39.8 Å². The van der Waals surface area contributed by atoms with Crippen molar-refractivity contribution in [2.75, 3.05) is 12.4 Å². The number of nitrogens with zero attached hydrogens (tertiary/aromatic N) is 3. The number of amides is 2. The molecule has 1 fully saturated rings. The van der Waals surface area contributed by atoms with Gasteiger partial charge in [0.2, 0.25) is 5.91 Å². The molecular formula is C25H28N6O2. The summed E-state index contributed by atoms with van der Waals surface area (Å²) in [6, 6.07) is 4.00. The standard InChI is InChI=1S/C25H28N6O2/c1-5-16(10-22(26-4)31-24(32)17-6-7-17)19-12-29-23-18(19)8-14(2)9-20(23)30-25(33)21-13-27-15(3)11-28-21/h8-13,17,29H,5-7H2,1-4H3,(H,30,33)(H,26,31,32)/b16-10+. The molecule has 0 radical (unpaired) electrons. The smallest absolute Gasteiger partial charge is 0.275 e. The van der Waals surface area contributed by atoms with E-state index in [-0.39, 0.29) is 23.4 Å². The van der Waals surface area contributed by atoms with Gasteiger partial charge in [-0.2, -0.15) is 0 Å². The second-order valence-electron chi connectivity index (χ2n) is 8.33. The largest absolute Gasteiger partial charge is 0.359 e. The Morgan fingerprint density at radius 2 is 2.00 bits per heavy atom. The third-order valence-corrected chi connectivity index (χ3v) is 5.67. The van der Waals surface area contributed by atoms with E-state index in [0.29, 0.717) is 11.5 Å². The minimum Gasteiger partial charge on any atom is -0.359 e. The number of hydrogen-bond donors (Lipinski definition) is 3. The zero-order valence-electron chi connectivity index (χ0n) is 19.3. The molecule has 2 amide bonds. The van der Waals surface area contributed by atoms with Crippen LogP contribution in [0.25, 0.3) is 16.5 Å². The second-order valence-corrected chi connectivity index (χ2v) is 8.33. The zero-order chi connectivity index (χ0) is 23.5. The van der Waals surface area contributed by atoms with Crippen molar-refractivity contribution in [3.05, 3.63) is 59.3 Å². The van der Waals surface area contributed by atoms with Crippen molar-refractivity contribution in [3.8, 4) is 0 Å². The average Bonchev–Trinajstić information content (AvgIpc) is 3.57. The molecule has 4 rings (SSSR count). The molecule has 0 atom stereocenters. The number of H-pyrrole nitrogens is 1. The number of aromatic nitrogens is 3.